The van der Waals surface area contributed by atoms with E-state index in [1.807, 2.05) is 79.3 Å². The highest BCUT2D eigenvalue weighted by Crippen LogP contribution is 2.46. The molecule has 0 spiro atoms. The first-order valence-electron chi connectivity index (χ1n) is 47.0. The Morgan fingerprint density at radius 2 is 0.305 bits per heavy atom. The van der Waals surface area contributed by atoms with Gasteiger partial charge in [-0.2, -0.15) is 0 Å². The minimum atomic E-state index is 0.626. The normalized spacial score (nSPS) is 11.6. The molecule has 26 rings (SSSR count). The minimum Gasteiger partial charge on any atom is -0.244 e. The average molecular weight is 1810 g/mol. The Morgan fingerprint density at radius 3 is 0.560 bits per heavy atom. The zero-order valence-corrected chi connectivity index (χ0v) is 76.3. The van der Waals surface area contributed by atoms with Crippen molar-refractivity contribution in [3.8, 4) is 225 Å². The molecule has 6 aromatic heterocycles. The summed E-state index contributed by atoms with van der Waals surface area (Å²) in [7, 11) is 0. The first-order valence-corrected chi connectivity index (χ1v) is 47.0. The van der Waals surface area contributed by atoms with Crippen LogP contribution in [0.1, 0.15) is 33.4 Å². The van der Waals surface area contributed by atoms with Crippen LogP contribution in [0.5, 0.6) is 0 Å². The van der Waals surface area contributed by atoms with E-state index in [1.54, 1.807) is 19.0 Å². The maximum atomic E-state index is 5.10. The number of fused-ring (bicyclic) bond motifs is 9. The van der Waals surface area contributed by atoms with E-state index in [4.69, 9.17) is 44.9 Å². The molecule has 662 valence electrons. The lowest BCUT2D eigenvalue weighted by Gasteiger charge is -2.12. The maximum Gasteiger partial charge on any atom is 0.164 e. The molecular formula is C126H83N15. The molecule has 15 nitrogen and oxygen atoms in total. The maximum absolute atomic E-state index is 5.10. The number of benzene rings is 17. The number of rotatable bonds is 17. The van der Waals surface area contributed by atoms with Gasteiger partial charge >= 0.3 is 0 Å². The number of hydrogen-bond acceptors (Lipinski definition) is 15. The Morgan fingerprint density at radius 1 is 0.135 bits per heavy atom. The van der Waals surface area contributed by atoms with Crippen LogP contribution in [0.4, 0.5) is 0 Å². The van der Waals surface area contributed by atoms with Gasteiger partial charge in [0.15, 0.2) is 52.4 Å². The molecule has 3 aliphatic rings. The molecule has 0 bridgehead atoms. The van der Waals surface area contributed by atoms with Gasteiger partial charge in [-0.05, 0) is 136 Å². The van der Waals surface area contributed by atoms with Crippen molar-refractivity contribution >= 4 is 0 Å². The Labute approximate surface area is 815 Å². The van der Waals surface area contributed by atoms with Gasteiger partial charge in [0.25, 0.3) is 0 Å². The van der Waals surface area contributed by atoms with Gasteiger partial charge in [-0.25, -0.2) is 74.8 Å². The topological polar surface area (TPSA) is 193 Å². The number of nitrogens with zero attached hydrogens (tertiary/aromatic N) is 15. The van der Waals surface area contributed by atoms with Crippen molar-refractivity contribution < 1.29 is 0 Å². The van der Waals surface area contributed by atoms with Crippen molar-refractivity contribution in [3.63, 3.8) is 0 Å². The standard InChI is InChI=1S/2C44H29N5.C38H25N5/c1-3-10-29(11-4-1)31-20-22-32(23-21-31)42-47-43(35-16-7-14-33(24-35)30-12-5-2-6-13-30)49-44(48-42)36-17-8-15-34(25-36)38-18-9-19-39-40(38)26-37-27-45-28-46-41(37)39;1-3-9-29(10-4-1)31-17-21-33(22-18-31)42-47-43(34-23-19-32(20-24-34)30-11-5-2-6-12-30)49-44(48-42)36-14-7-13-35(25-36)38-15-8-16-39-40(38)26-37-27-45-28-46-41(37)39;1-3-10-25(11-4-1)27-14-7-16-29(20-27)37-41-36(26-12-5-2-6-13-26)42-38(43-37)30-17-8-15-28(21-30)32-18-9-19-33-34(32)22-31-23-39-24-40-35(31)33/h2*1-25,27-28H,26H2;1-21,23-24H,22H2. The molecule has 3 aliphatic carbocycles. The summed E-state index contributed by atoms with van der Waals surface area (Å²) >= 11 is 0. The van der Waals surface area contributed by atoms with E-state index < -0.39 is 0 Å². The molecule has 0 amide bonds. The van der Waals surface area contributed by atoms with Gasteiger partial charge in [-0.15, -0.1) is 0 Å². The first kappa shape index (κ1) is 85.0. The average Bonchev–Trinajstić information content (AvgIpc) is 1.63. The van der Waals surface area contributed by atoms with E-state index in [0.29, 0.717) is 52.4 Å². The highest BCUT2D eigenvalue weighted by atomic mass is 15.1. The molecule has 17 aromatic carbocycles. The molecule has 0 radical (unpaired) electrons. The summed E-state index contributed by atoms with van der Waals surface area (Å²) in [6.45, 7) is 0. The summed E-state index contributed by atoms with van der Waals surface area (Å²) in [4.78, 5) is 71.9. The molecule has 15 heteroatoms. The summed E-state index contributed by atoms with van der Waals surface area (Å²) in [6.07, 6.45) is 13.1. The van der Waals surface area contributed by atoms with Crippen molar-refractivity contribution in [2.45, 2.75) is 19.3 Å². The summed E-state index contributed by atoms with van der Waals surface area (Å²) in [6, 6.07) is 149. The van der Waals surface area contributed by atoms with Gasteiger partial charge in [0.05, 0.1) is 17.1 Å². The van der Waals surface area contributed by atoms with Gasteiger partial charge in [-0.1, -0.05) is 400 Å². The molecule has 0 aliphatic heterocycles. The smallest absolute Gasteiger partial charge is 0.164 e. The van der Waals surface area contributed by atoms with Crippen molar-refractivity contribution in [1.29, 1.82) is 0 Å². The van der Waals surface area contributed by atoms with Crippen LogP contribution in [0.2, 0.25) is 0 Å². The van der Waals surface area contributed by atoms with Crippen molar-refractivity contribution in [2.75, 3.05) is 0 Å². The summed E-state index contributed by atoms with van der Waals surface area (Å²) in [5, 5.41) is 0. The minimum absolute atomic E-state index is 0.626. The fraction of sp³-hybridized carbons (Fsp3) is 0.0238. The number of hydrogen-bond donors (Lipinski definition) is 0. The van der Waals surface area contributed by atoms with Crippen molar-refractivity contribution in [3.05, 3.63) is 502 Å². The van der Waals surface area contributed by atoms with Gasteiger partial charge in [-0.3, -0.25) is 0 Å². The van der Waals surface area contributed by atoms with E-state index in [2.05, 4.69) is 400 Å². The third kappa shape index (κ3) is 17.6. The molecule has 0 unspecified atom stereocenters. The third-order valence-electron chi connectivity index (χ3n) is 26.2. The molecule has 0 saturated carbocycles. The lowest BCUT2D eigenvalue weighted by atomic mass is 9.95. The second-order valence-electron chi connectivity index (χ2n) is 35.0. The van der Waals surface area contributed by atoms with E-state index in [1.165, 1.54) is 66.8 Å². The lowest BCUT2D eigenvalue weighted by molar-refractivity contribution is 1.07. The van der Waals surface area contributed by atoms with Crippen LogP contribution in [0, 0.1) is 0 Å². The number of aromatic nitrogens is 15. The van der Waals surface area contributed by atoms with E-state index in [9.17, 15) is 0 Å². The predicted octanol–water partition coefficient (Wildman–Crippen LogP) is 29.0. The lowest BCUT2D eigenvalue weighted by Crippen LogP contribution is -2.00. The summed E-state index contributed by atoms with van der Waals surface area (Å²) in [5.74, 6) is 5.70. The van der Waals surface area contributed by atoms with E-state index >= 15 is 0 Å². The molecule has 6 heterocycles. The first-order chi connectivity index (χ1) is 69.8. The van der Waals surface area contributed by atoms with Gasteiger partial charge in [0.1, 0.15) is 19.0 Å². The largest absolute Gasteiger partial charge is 0.244 e. The van der Waals surface area contributed by atoms with Crippen LogP contribution in [-0.2, 0) is 19.3 Å². The van der Waals surface area contributed by atoms with Crippen molar-refractivity contribution in [2.24, 2.45) is 0 Å². The third-order valence-corrected chi connectivity index (χ3v) is 26.2. The zero-order valence-electron chi connectivity index (χ0n) is 76.3. The van der Waals surface area contributed by atoms with Crippen LogP contribution in [0.3, 0.4) is 0 Å². The molecular weight excluding hydrogens is 1720 g/mol. The Balaban J connectivity index is 0.000000115. The zero-order chi connectivity index (χ0) is 93.7. The molecule has 141 heavy (non-hydrogen) atoms. The van der Waals surface area contributed by atoms with E-state index in [0.717, 1.165) is 159 Å². The van der Waals surface area contributed by atoms with Gasteiger partial charge in [0, 0.05) is 121 Å². The summed E-state index contributed by atoms with van der Waals surface area (Å²) in [5.41, 5.74) is 40.6. The molecule has 0 saturated heterocycles. The van der Waals surface area contributed by atoms with E-state index in [-0.39, 0.29) is 0 Å². The fourth-order valence-electron chi connectivity index (χ4n) is 19.2. The van der Waals surface area contributed by atoms with Crippen LogP contribution >= 0.6 is 0 Å². The highest BCUT2D eigenvalue weighted by Gasteiger charge is 2.29. The monoisotopic (exact) mass is 1810 g/mol. The molecule has 0 N–H and O–H groups in total. The Hall–Kier alpha value is -19.0. The molecule has 23 aromatic rings. The Kier molecular flexibility index (Phi) is 22.9. The van der Waals surface area contributed by atoms with Crippen LogP contribution < -0.4 is 0 Å². The quantitative estimate of drug-likeness (QED) is 0.0835. The second-order valence-corrected chi connectivity index (χ2v) is 35.0. The summed E-state index contributed by atoms with van der Waals surface area (Å²) < 4.78 is 0. The van der Waals surface area contributed by atoms with Crippen LogP contribution in [0.15, 0.2) is 468 Å². The second kappa shape index (κ2) is 38.1. The highest BCUT2D eigenvalue weighted by molar-refractivity contribution is 5.89. The Bertz CT molecular complexity index is 8490. The van der Waals surface area contributed by atoms with Crippen LogP contribution in [0.25, 0.3) is 225 Å². The van der Waals surface area contributed by atoms with Gasteiger partial charge in [0.2, 0.25) is 0 Å². The van der Waals surface area contributed by atoms with Crippen LogP contribution in [-0.4, -0.2) is 74.8 Å². The SMILES string of the molecule is c1ccc(-c2ccc(-c3nc(-c4ccc(-c5ccccc5)cc4)nc(-c4cccc(-c5cccc6c5Cc5cncnc5-6)c4)n3)cc2)cc1.c1ccc(-c2ccc(-c3nc(-c4cccc(-c5ccccc5)c4)nc(-c4cccc(-c5cccc6c5Cc5cncnc5-6)c4)n3)cc2)cc1.c1ccc(-c2cccc(-c3nc(-c4ccccc4)nc(-c4cccc(-c5cccc6c5Cc5cncnc5-6)c4)n3)c2)cc1. The van der Waals surface area contributed by atoms with Gasteiger partial charge < -0.3 is 0 Å². The molecule has 0 fully saturated rings. The molecule has 0 atom stereocenters. The predicted molar refractivity (Wildman–Crippen MR) is 563 cm³/mol. The van der Waals surface area contributed by atoms with Crippen molar-refractivity contribution in [1.82, 2.24) is 74.8 Å². The fourth-order valence-corrected chi connectivity index (χ4v) is 19.2.